The van der Waals surface area contributed by atoms with Crippen molar-refractivity contribution in [3.8, 4) is 5.75 Å². The lowest BCUT2D eigenvalue weighted by molar-refractivity contribution is -0.114. The SMILES string of the molecule is CO[C@@H]1CN(C)C(=O)c2ccc(NC(C)=O)cc2OC[C@@H](C)N(C(=O)NC2CCCCC2)C[C@H]1C. The van der Waals surface area contributed by atoms with E-state index in [-0.39, 0.29) is 48.6 Å². The third-order valence-corrected chi connectivity index (χ3v) is 6.96. The Morgan fingerprint density at radius 2 is 1.83 bits per heavy atom. The molecule has 1 aromatic carbocycles. The van der Waals surface area contributed by atoms with Crippen LogP contribution >= 0.6 is 0 Å². The molecule has 9 nitrogen and oxygen atoms in total. The number of benzene rings is 1. The number of amides is 4. The van der Waals surface area contributed by atoms with Gasteiger partial charge in [-0.15, -0.1) is 0 Å². The lowest BCUT2D eigenvalue weighted by atomic mass is 9.95. The number of carbonyl (C=O) groups is 3. The molecule has 0 saturated heterocycles. The molecule has 2 N–H and O–H groups in total. The summed E-state index contributed by atoms with van der Waals surface area (Å²) in [5.74, 6) is -0.0350. The number of urea groups is 1. The molecule has 1 aromatic rings. The molecule has 0 radical (unpaired) electrons. The number of fused-ring (bicyclic) bond motifs is 1. The van der Waals surface area contributed by atoms with Gasteiger partial charge in [-0.25, -0.2) is 4.79 Å². The third-order valence-electron chi connectivity index (χ3n) is 6.96. The van der Waals surface area contributed by atoms with Crippen LogP contribution in [0.1, 0.15) is 63.2 Å². The molecule has 0 aromatic heterocycles. The summed E-state index contributed by atoms with van der Waals surface area (Å²) in [5, 5.41) is 5.96. The quantitative estimate of drug-likeness (QED) is 0.678. The van der Waals surface area contributed by atoms with Crippen molar-refractivity contribution in [3.63, 3.8) is 0 Å². The van der Waals surface area contributed by atoms with Crippen LogP contribution in [0.15, 0.2) is 18.2 Å². The number of carbonyl (C=O) groups excluding carboxylic acids is 3. The first-order valence-corrected chi connectivity index (χ1v) is 12.6. The van der Waals surface area contributed by atoms with Crippen LogP contribution < -0.4 is 15.4 Å². The molecular formula is C26H40N4O5. The zero-order valence-electron chi connectivity index (χ0n) is 21.6. The van der Waals surface area contributed by atoms with E-state index >= 15 is 0 Å². The summed E-state index contributed by atoms with van der Waals surface area (Å²) in [6.45, 7) is 6.47. The number of methoxy groups -OCH3 is 1. The third kappa shape index (κ3) is 7.10. The minimum Gasteiger partial charge on any atom is -0.491 e. The summed E-state index contributed by atoms with van der Waals surface area (Å²) in [5.41, 5.74) is 0.942. The summed E-state index contributed by atoms with van der Waals surface area (Å²) in [6.07, 6.45) is 5.27. The van der Waals surface area contributed by atoms with Crippen molar-refractivity contribution in [2.24, 2.45) is 5.92 Å². The highest BCUT2D eigenvalue weighted by Crippen LogP contribution is 2.27. The molecule has 2 aliphatic rings. The van der Waals surface area contributed by atoms with Gasteiger partial charge in [0.15, 0.2) is 0 Å². The number of nitrogens with one attached hydrogen (secondary N) is 2. The average molecular weight is 489 g/mol. The van der Waals surface area contributed by atoms with Crippen molar-refractivity contribution < 1.29 is 23.9 Å². The number of rotatable bonds is 3. The maximum absolute atomic E-state index is 13.4. The van der Waals surface area contributed by atoms with Gasteiger partial charge < -0.3 is 29.9 Å². The van der Waals surface area contributed by atoms with Crippen LogP contribution in [0.3, 0.4) is 0 Å². The molecule has 0 unspecified atom stereocenters. The lowest BCUT2D eigenvalue weighted by Gasteiger charge is -2.37. The molecule has 194 valence electrons. The molecule has 0 spiro atoms. The number of likely N-dealkylation sites (N-methyl/N-ethyl adjacent to an activating group) is 1. The smallest absolute Gasteiger partial charge is 0.317 e. The van der Waals surface area contributed by atoms with E-state index in [9.17, 15) is 14.4 Å². The van der Waals surface area contributed by atoms with Crippen molar-refractivity contribution in [2.45, 2.75) is 71.1 Å². The van der Waals surface area contributed by atoms with E-state index in [0.717, 1.165) is 25.7 Å². The van der Waals surface area contributed by atoms with Gasteiger partial charge in [0.1, 0.15) is 12.4 Å². The lowest BCUT2D eigenvalue weighted by Crippen LogP contribution is -2.53. The Hall–Kier alpha value is -2.81. The molecule has 3 atom stereocenters. The standard InChI is InChI=1S/C26H40N4O5/c1-17-14-30(26(33)28-20-9-7-6-8-10-20)18(2)16-35-23-13-21(27-19(3)31)11-12-22(23)25(32)29(4)15-24(17)34-5/h11-13,17-18,20,24H,6-10,14-16H2,1-5H3,(H,27,31)(H,28,33)/t17-,18-,24-/m1/s1. The molecule has 4 amide bonds. The van der Waals surface area contributed by atoms with Crippen LogP contribution in [0.2, 0.25) is 0 Å². The van der Waals surface area contributed by atoms with Crippen molar-refractivity contribution in [2.75, 3.05) is 39.2 Å². The fraction of sp³-hybridized carbons (Fsp3) is 0.654. The first-order chi connectivity index (χ1) is 16.7. The highest BCUT2D eigenvalue weighted by Gasteiger charge is 2.31. The molecule has 9 heteroatoms. The fourth-order valence-electron chi connectivity index (χ4n) is 4.84. The molecule has 1 fully saturated rings. The molecule has 1 saturated carbocycles. The maximum Gasteiger partial charge on any atom is 0.317 e. The van der Waals surface area contributed by atoms with Gasteiger partial charge in [0.25, 0.3) is 5.91 Å². The van der Waals surface area contributed by atoms with E-state index in [1.165, 1.54) is 13.3 Å². The second-order valence-electron chi connectivity index (χ2n) is 9.93. The largest absolute Gasteiger partial charge is 0.491 e. The molecule has 3 rings (SSSR count). The normalized spacial score (nSPS) is 24.5. The van der Waals surface area contributed by atoms with Crippen LogP contribution in [0.4, 0.5) is 10.5 Å². The average Bonchev–Trinajstić information content (AvgIpc) is 2.83. The Morgan fingerprint density at radius 1 is 1.11 bits per heavy atom. The Kier molecular flexibility index (Phi) is 9.37. The summed E-state index contributed by atoms with van der Waals surface area (Å²) >= 11 is 0. The summed E-state index contributed by atoms with van der Waals surface area (Å²) in [6, 6.07) is 4.86. The van der Waals surface area contributed by atoms with Gasteiger partial charge in [0.2, 0.25) is 5.91 Å². The zero-order chi connectivity index (χ0) is 25.5. The number of hydrogen-bond donors (Lipinski definition) is 2. The number of hydrogen-bond acceptors (Lipinski definition) is 5. The van der Waals surface area contributed by atoms with Gasteiger partial charge >= 0.3 is 6.03 Å². The first-order valence-electron chi connectivity index (χ1n) is 12.6. The first kappa shape index (κ1) is 26.8. The number of ether oxygens (including phenoxy) is 2. The van der Waals surface area contributed by atoms with Crippen LogP contribution in [0, 0.1) is 5.92 Å². The maximum atomic E-state index is 13.4. The van der Waals surface area contributed by atoms with Gasteiger partial charge in [-0.1, -0.05) is 26.2 Å². The molecule has 1 aliphatic carbocycles. The predicted molar refractivity (Wildman–Crippen MR) is 135 cm³/mol. The van der Waals surface area contributed by atoms with Crippen molar-refractivity contribution >= 4 is 23.5 Å². The van der Waals surface area contributed by atoms with E-state index < -0.39 is 0 Å². The monoisotopic (exact) mass is 488 g/mol. The van der Waals surface area contributed by atoms with Crippen LogP contribution in [0.5, 0.6) is 5.75 Å². The van der Waals surface area contributed by atoms with E-state index in [1.54, 1.807) is 37.3 Å². The Labute approximate surface area is 208 Å². The van der Waals surface area contributed by atoms with Gasteiger partial charge in [0, 0.05) is 57.9 Å². The zero-order valence-corrected chi connectivity index (χ0v) is 21.6. The Balaban J connectivity index is 1.90. The van der Waals surface area contributed by atoms with Crippen LogP contribution in [-0.4, -0.2) is 79.7 Å². The fourth-order valence-corrected chi connectivity index (χ4v) is 4.84. The summed E-state index contributed by atoms with van der Waals surface area (Å²) < 4.78 is 11.9. The minimum atomic E-state index is -0.247. The van der Waals surface area contributed by atoms with Gasteiger partial charge in [-0.05, 0) is 31.9 Å². The molecule has 35 heavy (non-hydrogen) atoms. The van der Waals surface area contributed by atoms with Gasteiger partial charge in [-0.3, -0.25) is 9.59 Å². The molecule has 0 bridgehead atoms. The van der Waals surface area contributed by atoms with E-state index in [0.29, 0.717) is 30.1 Å². The topological polar surface area (TPSA) is 100 Å². The highest BCUT2D eigenvalue weighted by molar-refractivity contribution is 5.98. The van der Waals surface area contributed by atoms with Crippen molar-refractivity contribution in [1.82, 2.24) is 15.1 Å². The van der Waals surface area contributed by atoms with Gasteiger partial charge in [0.05, 0.1) is 17.7 Å². The van der Waals surface area contributed by atoms with Crippen molar-refractivity contribution in [3.05, 3.63) is 23.8 Å². The van der Waals surface area contributed by atoms with E-state index in [1.807, 2.05) is 18.7 Å². The second kappa shape index (κ2) is 12.2. The van der Waals surface area contributed by atoms with Crippen LogP contribution in [0.25, 0.3) is 0 Å². The number of anilines is 1. The highest BCUT2D eigenvalue weighted by atomic mass is 16.5. The molecule has 1 heterocycles. The van der Waals surface area contributed by atoms with Crippen molar-refractivity contribution in [1.29, 1.82) is 0 Å². The Morgan fingerprint density at radius 3 is 2.49 bits per heavy atom. The minimum absolute atomic E-state index is 0.00385. The van der Waals surface area contributed by atoms with Gasteiger partial charge in [-0.2, -0.15) is 0 Å². The van der Waals surface area contributed by atoms with E-state index in [4.69, 9.17) is 9.47 Å². The second-order valence-corrected chi connectivity index (χ2v) is 9.93. The van der Waals surface area contributed by atoms with Crippen LogP contribution in [-0.2, 0) is 9.53 Å². The van der Waals surface area contributed by atoms with E-state index in [2.05, 4.69) is 10.6 Å². The summed E-state index contributed by atoms with van der Waals surface area (Å²) in [4.78, 5) is 41.6. The summed E-state index contributed by atoms with van der Waals surface area (Å²) in [7, 11) is 3.37. The predicted octanol–water partition coefficient (Wildman–Crippen LogP) is 3.49. The Bertz CT molecular complexity index is 902. The molecule has 1 aliphatic heterocycles. The number of nitrogens with zero attached hydrogens (tertiary/aromatic N) is 2. The molecular weight excluding hydrogens is 448 g/mol.